The number of nitro groups is 1. The molecule has 1 aromatic carbocycles. The summed E-state index contributed by atoms with van der Waals surface area (Å²) in [6, 6.07) is 5.21. The van der Waals surface area contributed by atoms with Gasteiger partial charge in [0, 0.05) is 22.6 Å². The highest BCUT2D eigenvalue weighted by molar-refractivity contribution is 5.75. The van der Waals surface area contributed by atoms with Gasteiger partial charge in [-0.1, -0.05) is 0 Å². The average molecular weight is 182 g/mol. The number of benzene rings is 1. The Labute approximate surface area is 73.1 Å². The van der Waals surface area contributed by atoms with Crippen LogP contribution in [-0.2, 0) is 0 Å². The maximum Gasteiger partial charge on any atom is 0.269 e. The van der Waals surface area contributed by atoms with Crippen molar-refractivity contribution in [3.05, 3.63) is 45.2 Å². The number of hydrogen-bond donors (Lipinski definition) is 1. The molecule has 0 atom stereocenters. The van der Waals surface area contributed by atoms with Crippen molar-refractivity contribution in [3.8, 4) is 0 Å². The van der Waals surface area contributed by atoms with Gasteiger partial charge >= 0.3 is 0 Å². The van der Waals surface area contributed by atoms with Crippen molar-refractivity contribution in [2.45, 2.75) is 0 Å². The zero-order valence-corrected chi connectivity index (χ0v) is 6.45. The van der Waals surface area contributed by atoms with E-state index in [2.05, 4.69) is 0 Å². The first kappa shape index (κ1) is 8.98. The molecule has 0 aliphatic heterocycles. The first-order valence-corrected chi connectivity index (χ1v) is 3.34. The minimum absolute atomic E-state index is 0.0625. The Balaban J connectivity index is 2.94. The molecule has 0 saturated carbocycles. The first-order valence-electron chi connectivity index (χ1n) is 3.34. The van der Waals surface area contributed by atoms with E-state index in [9.17, 15) is 15.3 Å². The Bertz CT molecular complexity index is 340. The summed E-state index contributed by atoms with van der Waals surface area (Å²) in [5.74, 6) is 0. The van der Waals surface area contributed by atoms with Gasteiger partial charge in [-0.2, -0.15) is 0 Å². The van der Waals surface area contributed by atoms with Gasteiger partial charge in [-0.05, 0) is 12.1 Å². The van der Waals surface area contributed by atoms with Crippen LogP contribution in [0.3, 0.4) is 0 Å². The van der Waals surface area contributed by atoms with E-state index in [4.69, 9.17) is 5.21 Å². The molecule has 0 aliphatic rings. The second-order valence-corrected chi connectivity index (χ2v) is 2.28. The summed E-state index contributed by atoms with van der Waals surface area (Å²) in [6.45, 7) is 0. The fourth-order valence-corrected chi connectivity index (χ4v) is 0.810. The highest BCUT2D eigenvalue weighted by Crippen LogP contribution is 2.10. The fourth-order valence-electron chi connectivity index (χ4n) is 0.810. The van der Waals surface area contributed by atoms with Gasteiger partial charge in [0.2, 0.25) is 6.21 Å². The molecule has 0 amide bonds. The van der Waals surface area contributed by atoms with Crippen LogP contribution in [0, 0.1) is 15.3 Å². The van der Waals surface area contributed by atoms with Gasteiger partial charge in [-0.3, -0.25) is 15.3 Å². The summed E-state index contributed by atoms with van der Waals surface area (Å²) in [6.07, 6.45) is 0.893. The van der Waals surface area contributed by atoms with Crippen LogP contribution in [0.4, 0.5) is 5.69 Å². The van der Waals surface area contributed by atoms with Gasteiger partial charge in [-0.25, -0.2) is 0 Å². The zero-order chi connectivity index (χ0) is 9.84. The van der Waals surface area contributed by atoms with Gasteiger partial charge in [0.1, 0.15) is 0 Å². The quantitative estimate of drug-likeness (QED) is 0.242. The third kappa shape index (κ3) is 2.44. The Morgan fingerprint density at radius 1 is 1.23 bits per heavy atom. The SMILES string of the molecule is O=[N+]([O-])c1ccc(/C=[N+](/[O-])O)cc1. The Morgan fingerprint density at radius 3 is 2.15 bits per heavy atom. The summed E-state index contributed by atoms with van der Waals surface area (Å²) in [4.78, 5) is 9.30. The molecule has 0 radical (unpaired) electrons. The van der Waals surface area contributed by atoms with Gasteiger partial charge < -0.3 is 5.21 Å². The highest BCUT2D eigenvalue weighted by atomic mass is 16.8. The molecule has 6 nitrogen and oxygen atoms in total. The van der Waals surface area contributed by atoms with Crippen molar-refractivity contribution in [2.75, 3.05) is 0 Å². The van der Waals surface area contributed by atoms with Crippen LogP contribution in [0.15, 0.2) is 24.3 Å². The van der Waals surface area contributed by atoms with Crippen LogP contribution in [0.25, 0.3) is 0 Å². The van der Waals surface area contributed by atoms with E-state index >= 15 is 0 Å². The highest BCUT2D eigenvalue weighted by Gasteiger charge is 2.03. The van der Waals surface area contributed by atoms with Gasteiger partial charge in [-0.15, -0.1) is 0 Å². The van der Waals surface area contributed by atoms with E-state index in [1.54, 1.807) is 0 Å². The molecule has 0 saturated heterocycles. The summed E-state index contributed by atoms with van der Waals surface area (Å²) in [7, 11) is 0. The van der Waals surface area contributed by atoms with Crippen LogP contribution in [0.2, 0.25) is 0 Å². The zero-order valence-electron chi connectivity index (χ0n) is 6.45. The lowest BCUT2D eigenvalue weighted by Crippen LogP contribution is -1.98. The lowest BCUT2D eigenvalue weighted by Gasteiger charge is -1.91. The fraction of sp³-hybridized carbons (Fsp3) is 0. The number of nitro benzene ring substituents is 1. The minimum Gasteiger partial charge on any atom is -0.418 e. The molecule has 1 rings (SSSR count). The van der Waals surface area contributed by atoms with E-state index in [1.807, 2.05) is 0 Å². The molecular formula is C7H6N2O4. The summed E-state index contributed by atoms with van der Waals surface area (Å²) >= 11 is 0. The predicted molar refractivity (Wildman–Crippen MR) is 43.7 cm³/mol. The van der Waals surface area contributed by atoms with Crippen molar-refractivity contribution in [1.82, 2.24) is 0 Å². The number of hydrogen-bond acceptors (Lipinski definition) is 4. The lowest BCUT2D eigenvalue weighted by molar-refractivity contribution is -0.722. The third-order valence-electron chi connectivity index (χ3n) is 1.36. The van der Waals surface area contributed by atoms with Gasteiger partial charge in [0.15, 0.2) is 0 Å². The van der Waals surface area contributed by atoms with E-state index in [0.29, 0.717) is 5.56 Å². The van der Waals surface area contributed by atoms with Crippen LogP contribution in [0.1, 0.15) is 5.56 Å². The third-order valence-corrected chi connectivity index (χ3v) is 1.36. The second-order valence-electron chi connectivity index (χ2n) is 2.28. The Morgan fingerprint density at radius 2 is 1.77 bits per heavy atom. The summed E-state index contributed by atoms with van der Waals surface area (Å²) < 4.78 is 0. The van der Waals surface area contributed by atoms with Crippen molar-refractivity contribution in [2.24, 2.45) is 0 Å². The molecular weight excluding hydrogens is 176 g/mol. The standard InChI is InChI=1S/C7H6N2O4/c10-8(11)5-6-1-3-7(4-2-6)9(12)13/h1-5H,(H,10,11). The van der Waals surface area contributed by atoms with Crippen LogP contribution >= 0.6 is 0 Å². The van der Waals surface area contributed by atoms with Crippen molar-refractivity contribution in [1.29, 1.82) is 0 Å². The lowest BCUT2D eigenvalue weighted by atomic mass is 10.2. The van der Waals surface area contributed by atoms with Crippen LogP contribution < -0.4 is 0 Å². The van der Waals surface area contributed by atoms with E-state index < -0.39 is 4.92 Å². The number of nitrogens with zero attached hydrogens (tertiary/aromatic N) is 2. The first-order chi connectivity index (χ1) is 6.09. The smallest absolute Gasteiger partial charge is 0.269 e. The van der Waals surface area contributed by atoms with E-state index in [0.717, 1.165) is 6.21 Å². The van der Waals surface area contributed by atoms with Gasteiger partial charge in [0.05, 0.1) is 4.92 Å². The number of rotatable bonds is 2. The molecule has 0 aliphatic carbocycles. The average Bonchev–Trinajstić information content (AvgIpc) is 2.04. The molecule has 0 heterocycles. The Hall–Kier alpha value is -2.11. The normalized spacial score (nSPS) is 11.2. The van der Waals surface area contributed by atoms with Gasteiger partial charge in [0.25, 0.3) is 5.69 Å². The minimum atomic E-state index is -0.544. The number of non-ortho nitro benzene ring substituents is 1. The van der Waals surface area contributed by atoms with Crippen LogP contribution in [0.5, 0.6) is 0 Å². The molecule has 68 valence electrons. The summed E-state index contributed by atoms with van der Waals surface area (Å²) in [5.41, 5.74) is 0.329. The molecule has 1 aromatic rings. The molecule has 1 N–H and O–H groups in total. The molecule has 0 unspecified atom stereocenters. The summed E-state index contributed by atoms with van der Waals surface area (Å²) in [5, 5.41) is 28.6. The molecule has 0 fully saturated rings. The largest absolute Gasteiger partial charge is 0.418 e. The van der Waals surface area contributed by atoms with E-state index in [1.165, 1.54) is 24.3 Å². The van der Waals surface area contributed by atoms with Crippen LogP contribution in [-0.4, -0.2) is 21.2 Å². The van der Waals surface area contributed by atoms with Crippen molar-refractivity contribution < 1.29 is 15.0 Å². The van der Waals surface area contributed by atoms with E-state index in [-0.39, 0.29) is 10.6 Å². The predicted octanol–water partition coefficient (Wildman–Crippen LogP) is 0.913. The monoisotopic (exact) mass is 182 g/mol. The van der Waals surface area contributed by atoms with Crippen molar-refractivity contribution >= 4 is 11.9 Å². The molecule has 0 aromatic heterocycles. The Kier molecular flexibility index (Phi) is 2.44. The topological polar surface area (TPSA) is 89.4 Å². The molecule has 6 heteroatoms. The maximum absolute atomic E-state index is 10.2. The molecule has 0 bridgehead atoms. The molecule has 13 heavy (non-hydrogen) atoms. The molecule has 0 spiro atoms. The second kappa shape index (κ2) is 3.53. The van der Waals surface area contributed by atoms with Crippen molar-refractivity contribution in [3.63, 3.8) is 0 Å². The maximum atomic E-state index is 10.2.